The number of pyridine rings is 1. The molecule has 0 saturated carbocycles. The zero-order valence-electron chi connectivity index (χ0n) is 25.5. The van der Waals surface area contributed by atoms with E-state index in [2.05, 4.69) is 19.9 Å². The van der Waals surface area contributed by atoms with Gasteiger partial charge in [-0.2, -0.15) is 0 Å². The van der Waals surface area contributed by atoms with E-state index < -0.39 is 11.6 Å². The van der Waals surface area contributed by atoms with Crippen molar-refractivity contribution in [3.63, 3.8) is 0 Å². The summed E-state index contributed by atoms with van der Waals surface area (Å²) in [5.41, 5.74) is 7.49. The summed E-state index contributed by atoms with van der Waals surface area (Å²) in [7, 11) is 0. The molecule has 0 atom stereocenters. The maximum atomic E-state index is 13.1. The second-order valence-electron chi connectivity index (χ2n) is 12.6. The zero-order chi connectivity index (χ0) is 30.4. The van der Waals surface area contributed by atoms with Crippen LogP contribution in [0, 0.1) is 25.1 Å². The lowest BCUT2D eigenvalue weighted by Gasteiger charge is -2.31. The van der Waals surface area contributed by atoms with Crippen molar-refractivity contribution < 1.29 is 24.1 Å². The van der Waals surface area contributed by atoms with Crippen LogP contribution in [-0.2, 0) is 17.6 Å². The Morgan fingerprint density at radius 2 is 1.61 bits per heavy atom. The minimum absolute atomic E-state index is 0.0488. The van der Waals surface area contributed by atoms with E-state index >= 15 is 0 Å². The minimum atomic E-state index is -0.849. The highest BCUT2D eigenvalue weighted by Gasteiger charge is 2.27. The summed E-state index contributed by atoms with van der Waals surface area (Å²) in [6, 6.07) is 14.4. The van der Waals surface area contributed by atoms with Crippen molar-refractivity contribution >= 4 is 11.5 Å². The second kappa shape index (κ2) is 13.4. The Bertz CT molecular complexity index is 1360. The zero-order valence-corrected chi connectivity index (χ0v) is 25.5. The van der Waals surface area contributed by atoms with E-state index in [1.807, 2.05) is 38.1 Å². The van der Waals surface area contributed by atoms with Gasteiger partial charge in [0.25, 0.3) is 0 Å². The van der Waals surface area contributed by atoms with E-state index in [1.54, 1.807) is 32.9 Å². The predicted octanol–water partition coefficient (Wildman–Crippen LogP) is 8.12. The molecule has 6 heteroatoms. The highest BCUT2D eigenvalue weighted by Crippen LogP contribution is 2.43. The lowest BCUT2D eigenvalue weighted by Crippen LogP contribution is -2.16. The average molecular weight is 562 g/mol. The van der Waals surface area contributed by atoms with Gasteiger partial charge in [0.15, 0.2) is 0 Å². The van der Waals surface area contributed by atoms with E-state index in [0.29, 0.717) is 13.0 Å². The van der Waals surface area contributed by atoms with Crippen molar-refractivity contribution in [2.45, 2.75) is 86.2 Å². The summed E-state index contributed by atoms with van der Waals surface area (Å²) in [4.78, 5) is 16.5. The van der Waals surface area contributed by atoms with Gasteiger partial charge in [0.1, 0.15) is 11.6 Å². The van der Waals surface area contributed by atoms with Gasteiger partial charge in [0.2, 0.25) is 0 Å². The second-order valence-corrected chi connectivity index (χ2v) is 12.6. The molecule has 0 spiro atoms. The van der Waals surface area contributed by atoms with Gasteiger partial charge in [-0.05, 0) is 111 Å². The Labute approximate surface area is 244 Å². The van der Waals surface area contributed by atoms with Crippen LogP contribution in [0.4, 0.5) is 4.39 Å². The van der Waals surface area contributed by atoms with Crippen LogP contribution in [0.5, 0.6) is 5.75 Å². The number of allylic oxidation sites excluding steroid dienone is 2. The van der Waals surface area contributed by atoms with Gasteiger partial charge >= 0.3 is 5.97 Å². The van der Waals surface area contributed by atoms with Crippen LogP contribution >= 0.6 is 0 Å². The fourth-order valence-electron chi connectivity index (χ4n) is 4.92. The molecule has 0 saturated heterocycles. The molecule has 41 heavy (non-hydrogen) atoms. The van der Waals surface area contributed by atoms with E-state index in [1.165, 1.54) is 17.7 Å². The average Bonchev–Trinajstić information content (AvgIpc) is 2.86. The first-order valence-corrected chi connectivity index (χ1v) is 14.2. The van der Waals surface area contributed by atoms with Crippen molar-refractivity contribution in [1.82, 2.24) is 4.98 Å². The Hall–Kier alpha value is -3.51. The molecule has 0 aliphatic heterocycles. The molecule has 0 fully saturated rings. The molecule has 220 valence electrons. The number of carbonyl (C=O) groups is 1. The van der Waals surface area contributed by atoms with Crippen molar-refractivity contribution in [2.75, 3.05) is 6.61 Å². The molecule has 1 heterocycles. The maximum Gasteiger partial charge on any atom is 0.307 e. The Morgan fingerprint density at radius 3 is 2.15 bits per heavy atom. The van der Waals surface area contributed by atoms with E-state index in [0.717, 1.165) is 64.2 Å². The summed E-state index contributed by atoms with van der Waals surface area (Å²) < 4.78 is 19.0. The smallest absolute Gasteiger partial charge is 0.307 e. The summed E-state index contributed by atoms with van der Waals surface area (Å²) >= 11 is 0. The number of aliphatic carboxylic acids is 1. The highest BCUT2D eigenvalue weighted by atomic mass is 19.1. The SMILES string of the molecule is CC(C)(C)O.Cc1nc(C)c(-c2ccc(OCCc3ccc(F)cc3)cc2)c(C2=CCC(C)(C)CC2)c1CC(=O)O. The molecule has 2 aromatic carbocycles. The number of hydrogen-bond donors (Lipinski definition) is 2. The number of nitrogens with zero attached hydrogens (tertiary/aromatic N) is 1. The third kappa shape index (κ3) is 9.82. The van der Waals surface area contributed by atoms with Gasteiger partial charge in [0.05, 0.1) is 18.6 Å². The lowest BCUT2D eigenvalue weighted by atomic mass is 9.75. The van der Waals surface area contributed by atoms with Crippen molar-refractivity contribution in [2.24, 2.45) is 5.41 Å². The molecule has 1 aliphatic rings. The summed E-state index contributed by atoms with van der Waals surface area (Å²) in [6.07, 6.45) is 5.88. The maximum absolute atomic E-state index is 13.1. The lowest BCUT2D eigenvalue weighted by molar-refractivity contribution is -0.136. The number of halogens is 1. The molecule has 0 bridgehead atoms. The van der Waals surface area contributed by atoms with Crippen LogP contribution < -0.4 is 4.74 Å². The summed E-state index contributed by atoms with van der Waals surface area (Å²) in [5.74, 6) is -0.336. The van der Waals surface area contributed by atoms with Crippen molar-refractivity contribution in [1.29, 1.82) is 0 Å². The molecular formula is C35H44FNO4. The molecule has 0 unspecified atom stereocenters. The largest absolute Gasteiger partial charge is 0.493 e. The van der Waals surface area contributed by atoms with Crippen LogP contribution in [0.25, 0.3) is 16.7 Å². The third-order valence-corrected chi connectivity index (χ3v) is 7.02. The van der Waals surface area contributed by atoms with Crippen LogP contribution in [-0.4, -0.2) is 33.4 Å². The number of carboxylic acid groups (broad SMARTS) is 1. The van der Waals surface area contributed by atoms with E-state index in [-0.39, 0.29) is 17.7 Å². The van der Waals surface area contributed by atoms with Gasteiger partial charge in [-0.25, -0.2) is 4.39 Å². The Kier molecular flexibility index (Phi) is 10.5. The van der Waals surface area contributed by atoms with Crippen molar-refractivity contribution in [3.05, 3.63) is 88.5 Å². The number of aliphatic hydroxyl groups is 1. The molecule has 0 radical (unpaired) electrons. The van der Waals surface area contributed by atoms with Crippen LogP contribution in [0.2, 0.25) is 0 Å². The number of ether oxygens (including phenoxy) is 1. The normalized spacial score (nSPS) is 14.5. The van der Waals surface area contributed by atoms with Gasteiger partial charge in [-0.3, -0.25) is 9.78 Å². The number of hydrogen-bond acceptors (Lipinski definition) is 4. The monoisotopic (exact) mass is 561 g/mol. The van der Waals surface area contributed by atoms with Gasteiger partial charge < -0.3 is 14.9 Å². The first kappa shape index (κ1) is 32.0. The fraction of sp³-hybridized carbons (Fsp3) is 0.429. The number of carboxylic acids is 1. The summed E-state index contributed by atoms with van der Waals surface area (Å²) in [5, 5.41) is 18.2. The predicted molar refractivity (Wildman–Crippen MR) is 164 cm³/mol. The quantitative estimate of drug-likeness (QED) is 0.290. The topological polar surface area (TPSA) is 79.7 Å². The fourth-order valence-corrected chi connectivity index (χ4v) is 4.92. The molecule has 1 aromatic heterocycles. The molecule has 2 N–H and O–H groups in total. The Balaban J connectivity index is 0.000000850. The van der Waals surface area contributed by atoms with Gasteiger partial charge in [-0.15, -0.1) is 0 Å². The molecule has 1 aliphatic carbocycles. The van der Waals surface area contributed by atoms with Crippen LogP contribution in [0.3, 0.4) is 0 Å². The molecule has 3 aromatic rings. The number of benzene rings is 2. The first-order chi connectivity index (χ1) is 19.1. The van der Waals surface area contributed by atoms with Crippen LogP contribution in [0.15, 0.2) is 54.6 Å². The minimum Gasteiger partial charge on any atom is -0.493 e. The van der Waals surface area contributed by atoms with Gasteiger partial charge in [-0.1, -0.05) is 44.2 Å². The van der Waals surface area contributed by atoms with Gasteiger partial charge in [0, 0.05) is 23.4 Å². The Morgan fingerprint density at radius 1 is 1.00 bits per heavy atom. The molecular weight excluding hydrogens is 517 g/mol. The first-order valence-electron chi connectivity index (χ1n) is 14.2. The molecule has 4 rings (SSSR count). The summed E-state index contributed by atoms with van der Waals surface area (Å²) in [6.45, 7) is 14.2. The third-order valence-electron chi connectivity index (χ3n) is 7.02. The number of aromatic nitrogens is 1. The number of aryl methyl sites for hydroxylation is 2. The molecule has 0 amide bonds. The standard InChI is InChI=1S/C31H34FNO3.C4H10O/c1-20-27(19-28(34)35)30(24-13-16-31(3,4)17-14-24)29(21(2)33-20)23-7-11-26(12-8-23)36-18-15-22-5-9-25(32)10-6-22;1-4(2,3)5/h5-13H,14-19H2,1-4H3,(H,34,35);5H,1-3H3. The van der Waals surface area contributed by atoms with E-state index in [4.69, 9.17) is 14.8 Å². The molecule has 5 nitrogen and oxygen atoms in total. The van der Waals surface area contributed by atoms with Crippen LogP contribution in [0.1, 0.15) is 82.0 Å². The number of rotatable bonds is 8. The van der Waals surface area contributed by atoms with Crippen molar-refractivity contribution in [3.8, 4) is 16.9 Å². The van der Waals surface area contributed by atoms with E-state index in [9.17, 15) is 14.3 Å². The highest BCUT2D eigenvalue weighted by molar-refractivity contribution is 5.87.